The highest BCUT2D eigenvalue weighted by Crippen LogP contribution is 2.06. The van der Waals surface area contributed by atoms with Crippen LogP contribution in [0.15, 0.2) is 0 Å². The zero-order valence-electron chi connectivity index (χ0n) is 17.0. The van der Waals surface area contributed by atoms with Gasteiger partial charge in [-0.3, -0.25) is 14.4 Å². The lowest BCUT2D eigenvalue weighted by Crippen LogP contribution is -2.59. The van der Waals surface area contributed by atoms with Crippen LogP contribution in [0.3, 0.4) is 0 Å². The van der Waals surface area contributed by atoms with Crippen LogP contribution in [0.25, 0.3) is 0 Å². The summed E-state index contributed by atoms with van der Waals surface area (Å²) in [6, 6.07) is -4.88. The standard InChI is InChI=1S/C17H32N4O7S/c1-8(2)13(17(27)28)21-14(24)10(5-6-29-4)19-15(25)11(7-22)20-16(26)12(18)9(3)23/h8-13,22-23H,5-7,18H2,1-4H3,(H,19,25)(H,20,26)(H,21,24)(H,27,28). The fraction of sp³-hybridized carbons (Fsp3) is 0.765. The van der Waals surface area contributed by atoms with Crippen molar-refractivity contribution in [2.75, 3.05) is 18.6 Å². The van der Waals surface area contributed by atoms with Crippen molar-refractivity contribution in [1.82, 2.24) is 16.0 Å². The average molecular weight is 437 g/mol. The van der Waals surface area contributed by atoms with Gasteiger partial charge in [-0.2, -0.15) is 11.8 Å². The molecule has 5 unspecified atom stereocenters. The maximum atomic E-state index is 12.5. The summed E-state index contributed by atoms with van der Waals surface area (Å²) in [7, 11) is 0. The van der Waals surface area contributed by atoms with E-state index in [-0.39, 0.29) is 12.3 Å². The van der Waals surface area contributed by atoms with Gasteiger partial charge < -0.3 is 37.0 Å². The molecule has 5 atom stereocenters. The van der Waals surface area contributed by atoms with E-state index in [2.05, 4.69) is 16.0 Å². The summed E-state index contributed by atoms with van der Waals surface area (Å²) >= 11 is 1.43. The van der Waals surface area contributed by atoms with Gasteiger partial charge in [0.25, 0.3) is 0 Å². The highest BCUT2D eigenvalue weighted by molar-refractivity contribution is 7.98. The molecule has 0 aliphatic carbocycles. The summed E-state index contributed by atoms with van der Waals surface area (Å²) in [5, 5.41) is 35.0. The first-order valence-corrected chi connectivity index (χ1v) is 10.5. The molecule has 0 rings (SSSR count). The zero-order chi connectivity index (χ0) is 22.7. The van der Waals surface area contributed by atoms with Gasteiger partial charge in [0.05, 0.1) is 12.7 Å². The molecule has 0 aromatic carbocycles. The molecular weight excluding hydrogens is 404 g/mol. The van der Waals surface area contributed by atoms with Gasteiger partial charge in [-0.25, -0.2) is 4.79 Å². The Labute approximate surface area is 174 Å². The van der Waals surface area contributed by atoms with E-state index < -0.39 is 60.6 Å². The maximum Gasteiger partial charge on any atom is 0.326 e. The van der Waals surface area contributed by atoms with Crippen molar-refractivity contribution in [3.05, 3.63) is 0 Å². The predicted octanol–water partition coefficient (Wildman–Crippen LogP) is -2.37. The van der Waals surface area contributed by atoms with Gasteiger partial charge in [0.1, 0.15) is 24.2 Å². The lowest BCUT2D eigenvalue weighted by atomic mass is 10.0. The number of nitrogens with one attached hydrogen (secondary N) is 3. The number of nitrogens with two attached hydrogens (primary N) is 1. The highest BCUT2D eigenvalue weighted by atomic mass is 32.2. The highest BCUT2D eigenvalue weighted by Gasteiger charge is 2.31. The summed E-state index contributed by atoms with van der Waals surface area (Å²) in [5.74, 6) is -3.44. The molecule has 0 aliphatic rings. The van der Waals surface area contributed by atoms with Gasteiger partial charge in [0, 0.05) is 0 Å². The van der Waals surface area contributed by atoms with E-state index in [4.69, 9.17) is 5.73 Å². The van der Waals surface area contributed by atoms with Gasteiger partial charge in [0.2, 0.25) is 17.7 Å². The van der Waals surface area contributed by atoms with Crippen molar-refractivity contribution in [3.8, 4) is 0 Å². The van der Waals surface area contributed by atoms with E-state index in [1.54, 1.807) is 20.1 Å². The van der Waals surface area contributed by atoms with Crippen LogP contribution in [0.1, 0.15) is 27.2 Å². The van der Waals surface area contributed by atoms with Crippen LogP contribution in [0.2, 0.25) is 0 Å². The van der Waals surface area contributed by atoms with Crippen LogP contribution < -0.4 is 21.7 Å². The molecule has 29 heavy (non-hydrogen) atoms. The third-order valence-corrected chi connectivity index (χ3v) is 4.76. The second-order valence-electron chi connectivity index (χ2n) is 6.92. The molecule has 168 valence electrons. The predicted molar refractivity (Wildman–Crippen MR) is 108 cm³/mol. The molecule has 0 bridgehead atoms. The van der Waals surface area contributed by atoms with E-state index in [0.717, 1.165) is 0 Å². The van der Waals surface area contributed by atoms with E-state index in [0.29, 0.717) is 5.75 Å². The normalized spacial score (nSPS) is 16.3. The molecule has 0 spiro atoms. The Morgan fingerprint density at radius 2 is 1.48 bits per heavy atom. The number of amides is 3. The molecule has 0 heterocycles. The minimum absolute atomic E-state index is 0.211. The summed E-state index contributed by atoms with van der Waals surface area (Å²) in [5.41, 5.74) is 5.49. The molecule has 0 aromatic heterocycles. The minimum Gasteiger partial charge on any atom is -0.480 e. The van der Waals surface area contributed by atoms with E-state index in [9.17, 15) is 34.5 Å². The summed E-state index contributed by atoms with van der Waals surface area (Å²) in [4.78, 5) is 48.2. The number of aliphatic hydroxyl groups excluding tert-OH is 2. The van der Waals surface area contributed by atoms with Crippen LogP contribution in [0.5, 0.6) is 0 Å². The lowest BCUT2D eigenvalue weighted by molar-refractivity contribution is -0.143. The molecule has 3 amide bonds. The fourth-order valence-corrected chi connectivity index (χ4v) is 2.70. The molecule has 12 heteroatoms. The summed E-state index contributed by atoms with van der Waals surface area (Å²) in [6.07, 6.45) is 0.850. The second kappa shape index (κ2) is 13.4. The molecule has 0 aromatic rings. The number of aliphatic carboxylic acids is 1. The quantitative estimate of drug-likeness (QED) is 0.165. The Hall–Kier alpha value is -1.89. The van der Waals surface area contributed by atoms with Crippen molar-refractivity contribution in [1.29, 1.82) is 0 Å². The number of thioether (sulfide) groups is 1. The zero-order valence-corrected chi connectivity index (χ0v) is 17.9. The summed E-state index contributed by atoms with van der Waals surface area (Å²) in [6.45, 7) is 3.81. The van der Waals surface area contributed by atoms with Crippen LogP contribution in [0, 0.1) is 5.92 Å². The third kappa shape index (κ3) is 9.43. The van der Waals surface area contributed by atoms with E-state index in [1.807, 2.05) is 0 Å². The molecule has 0 saturated heterocycles. The Morgan fingerprint density at radius 1 is 0.966 bits per heavy atom. The van der Waals surface area contributed by atoms with Crippen LogP contribution in [-0.2, 0) is 19.2 Å². The largest absolute Gasteiger partial charge is 0.480 e. The van der Waals surface area contributed by atoms with Crippen LogP contribution in [0.4, 0.5) is 0 Å². The first-order chi connectivity index (χ1) is 13.5. The van der Waals surface area contributed by atoms with Crippen molar-refractivity contribution in [3.63, 3.8) is 0 Å². The van der Waals surface area contributed by atoms with Gasteiger partial charge in [0.15, 0.2) is 0 Å². The topological polar surface area (TPSA) is 191 Å². The molecule has 11 nitrogen and oxygen atoms in total. The number of hydrogen-bond acceptors (Lipinski definition) is 8. The van der Waals surface area contributed by atoms with E-state index >= 15 is 0 Å². The maximum absolute atomic E-state index is 12.5. The minimum atomic E-state index is -1.39. The molecular formula is C17H32N4O7S. The SMILES string of the molecule is CSCCC(NC(=O)C(CO)NC(=O)C(N)C(C)O)C(=O)NC(C(=O)O)C(C)C. The van der Waals surface area contributed by atoms with Gasteiger partial charge >= 0.3 is 5.97 Å². The van der Waals surface area contributed by atoms with Crippen molar-refractivity contribution in [2.24, 2.45) is 11.7 Å². The molecule has 0 radical (unpaired) electrons. The van der Waals surface area contributed by atoms with Crippen molar-refractivity contribution in [2.45, 2.75) is 57.5 Å². The second-order valence-corrected chi connectivity index (χ2v) is 7.91. The van der Waals surface area contributed by atoms with Crippen molar-refractivity contribution < 1.29 is 34.5 Å². The van der Waals surface area contributed by atoms with Gasteiger partial charge in [-0.1, -0.05) is 13.8 Å². The number of carboxylic acids is 1. The fourth-order valence-electron chi connectivity index (χ4n) is 2.23. The number of rotatable bonds is 13. The van der Waals surface area contributed by atoms with Crippen LogP contribution in [-0.4, -0.2) is 87.9 Å². The Kier molecular flexibility index (Phi) is 12.5. The summed E-state index contributed by atoms with van der Waals surface area (Å²) < 4.78 is 0. The number of aliphatic hydroxyl groups is 2. The van der Waals surface area contributed by atoms with Crippen molar-refractivity contribution >= 4 is 35.5 Å². The van der Waals surface area contributed by atoms with Gasteiger partial charge in [-0.05, 0) is 31.3 Å². The number of hydrogen-bond donors (Lipinski definition) is 7. The molecule has 8 N–H and O–H groups in total. The van der Waals surface area contributed by atoms with Gasteiger partial charge in [-0.15, -0.1) is 0 Å². The molecule has 0 fully saturated rings. The Balaban J connectivity index is 5.22. The van der Waals surface area contributed by atoms with Crippen LogP contribution >= 0.6 is 11.8 Å². The Bertz CT molecular complexity index is 574. The number of carboxylic acid groups (broad SMARTS) is 1. The van der Waals surface area contributed by atoms with E-state index in [1.165, 1.54) is 18.7 Å². The monoisotopic (exact) mass is 436 g/mol. The number of carbonyl (C=O) groups is 4. The molecule has 0 aliphatic heterocycles. The average Bonchev–Trinajstić information content (AvgIpc) is 2.65. The first kappa shape index (κ1) is 27.1. The number of carbonyl (C=O) groups excluding carboxylic acids is 3. The third-order valence-electron chi connectivity index (χ3n) is 4.11. The molecule has 0 saturated carbocycles. The Morgan fingerprint density at radius 3 is 1.90 bits per heavy atom. The first-order valence-electron chi connectivity index (χ1n) is 9.13. The smallest absolute Gasteiger partial charge is 0.326 e. The lowest BCUT2D eigenvalue weighted by Gasteiger charge is -2.25.